The molecule has 0 saturated carbocycles. The Morgan fingerprint density at radius 3 is 0.804 bits per heavy atom. The number of benzene rings is 4. The van der Waals surface area contributed by atoms with E-state index in [1.54, 1.807) is 28.4 Å². The quantitative estimate of drug-likeness (QED) is 0.121. The fraction of sp³-hybridized carbons (Fsp3) is 0.467. The zero-order chi connectivity index (χ0) is 37.9. The van der Waals surface area contributed by atoms with Gasteiger partial charge in [-0.2, -0.15) is 0 Å². The first-order chi connectivity index (χ1) is 24.1. The fourth-order valence-corrected chi connectivity index (χ4v) is 15.7. The molecule has 0 radical (unpaired) electrons. The van der Waals surface area contributed by atoms with Crippen LogP contribution in [0.4, 0.5) is 0 Å². The van der Waals surface area contributed by atoms with Crippen LogP contribution in [0.3, 0.4) is 0 Å². The van der Waals surface area contributed by atoms with Crippen molar-refractivity contribution >= 4 is 37.1 Å². The zero-order valence-corrected chi connectivity index (χ0v) is 36.0. The number of ether oxygens (including phenoxy) is 4. The summed E-state index contributed by atoms with van der Waals surface area (Å²) in [5.74, 6) is 3.92. The summed E-state index contributed by atoms with van der Waals surface area (Å²) in [5.41, 5.74) is 10.2. The monoisotopic (exact) mass is 728 g/mol. The van der Waals surface area contributed by atoms with Crippen LogP contribution in [-0.4, -0.2) is 39.8 Å². The molecule has 0 bridgehead atoms. The fourth-order valence-electron chi connectivity index (χ4n) is 8.64. The van der Waals surface area contributed by atoms with Gasteiger partial charge < -0.3 is 18.9 Å². The van der Waals surface area contributed by atoms with Gasteiger partial charge in [0.15, 0.2) is 0 Å². The molecule has 0 heterocycles. The first kappa shape index (κ1) is 40.7. The lowest BCUT2D eigenvalue weighted by molar-refractivity contribution is 0.286. The minimum atomic E-state index is -0.787. The zero-order valence-electron chi connectivity index (χ0n) is 34.2. The van der Waals surface area contributed by atoms with E-state index in [4.69, 9.17) is 18.9 Å². The second-order valence-electron chi connectivity index (χ2n) is 14.8. The Kier molecular flexibility index (Phi) is 13.4. The van der Waals surface area contributed by atoms with Crippen LogP contribution in [0, 0.1) is 60.8 Å². The Hall–Kier alpha value is -3.06. The lowest BCUT2D eigenvalue weighted by Gasteiger charge is -2.48. The third-order valence-electron chi connectivity index (χ3n) is 11.2. The van der Waals surface area contributed by atoms with Crippen molar-refractivity contribution in [3.05, 3.63) is 93.0 Å². The molecule has 0 N–H and O–H groups in total. The summed E-state index contributed by atoms with van der Waals surface area (Å²) in [6, 6.07) is 19.2. The maximum absolute atomic E-state index is 5.87. The number of methoxy groups -OCH3 is 4. The summed E-state index contributed by atoms with van der Waals surface area (Å²) < 4.78 is 23.5. The molecule has 2 unspecified atom stereocenters. The average molecular weight is 729 g/mol. The van der Waals surface area contributed by atoms with Crippen LogP contribution in [0.2, 0.25) is 0 Å². The molecule has 0 aliphatic rings. The molecule has 51 heavy (non-hydrogen) atoms. The van der Waals surface area contributed by atoms with Gasteiger partial charge in [-0.15, -0.1) is 0 Å². The van der Waals surface area contributed by atoms with Gasteiger partial charge in [-0.25, -0.2) is 0 Å². The van der Waals surface area contributed by atoms with Gasteiger partial charge in [-0.05, 0) is 209 Å². The molecule has 0 fully saturated rings. The Labute approximate surface area is 312 Å². The van der Waals surface area contributed by atoms with Crippen LogP contribution >= 0.6 is 15.8 Å². The summed E-state index contributed by atoms with van der Waals surface area (Å²) in [7, 11) is 5.55. The molecule has 0 aliphatic carbocycles. The van der Waals surface area contributed by atoms with E-state index in [9.17, 15) is 0 Å². The number of aryl methyl sites for hydroxylation is 8. The van der Waals surface area contributed by atoms with Crippen LogP contribution in [0.5, 0.6) is 23.0 Å². The SMILES string of the molecule is CCCC(C)(C(C)P(c1cc(C)c(OC)c(C)c1)c1cc(C)c(OC)c(C)c1)C(C)P(c1cc(C)c(OC)c(C)c1)c1cc(C)c(OC)c(C)c1. The topological polar surface area (TPSA) is 36.9 Å². The standard InChI is InChI=1S/C45H62O4P2/c1-17-18-45(12,35(10)50(37-19-27(2)41(46-13)28(3)20-37)38-21-29(4)42(47-14)30(5)22-38)36(11)51(39-23-31(6)43(48-15)32(7)24-39)40-25-33(8)44(49-16)34(9)26-40/h19-26,35-36H,17-18H2,1-16H3. The van der Waals surface area contributed by atoms with E-state index in [-0.39, 0.29) is 5.41 Å². The molecule has 0 saturated heterocycles. The van der Waals surface area contributed by atoms with Gasteiger partial charge in [0.05, 0.1) is 28.4 Å². The van der Waals surface area contributed by atoms with Crippen LogP contribution < -0.4 is 40.2 Å². The van der Waals surface area contributed by atoms with E-state index in [0.29, 0.717) is 11.3 Å². The molecule has 2 atom stereocenters. The molecule has 0 amide bonds. The lowest BCUT2D eigenvalue weighted by Crippen LogP contribution is -2.43. The predicted molar refractivity (Wildman–Crippen MR) is 224 cm³/mol. The molecule has 276 valence electrons. The first-order valence-electron chi connectivity index (χ1n) is 18.3. The van der Waals surface area contributed by atoms with Crippen LogP contribution in [0.15, 0.2) is 48.5 Å². The third kappa shape index (κ3) is 7.99. The average Bonchev–Trinajstić information content (AvgIpc) is 3.04. The molecule has 0 aliphatic heterocycles. The molecule has 4 nitrogen and oxygen atoms in total. The Balaban J connectivity index is 2.03. The molecule has 4 aromatic carbocycles. The van der Waals surface area contributed by atoms with E-state index >= 15 is 0 Å². The molecule has 6 heteroatoms. The second kappa shape index (κ2) is 16.7. The van der Waals surface area contributed by atoms with Crippen molar-refractivity contribution in [3.8, 4) is 23.0 Å². The number of hydrogen-bond acceptors (Lipinski definition) is 4. The van der Waals surface area contributed by atoms with Crippen molar-refractivity contribution in [3.63, 3.8) is 0 Å². The van der Waals surface area contributed by atoms with Crippen molar-refractivity contribution in [1.82, 2.24) is 0 Å². The lowest BCUT2D eigenvalue weighted by atomic mass is 9.79. The van der Waals surface area contributed by atoms with Gasteiger partial charge >= 0.3 is 0 Å². The van der Waals surface area contributed by atoms with Gasteiger partial charge in [-0.3, -0.25) is 0 Å². The normalized spacial score (nSPS) is 14.0. The highest BCUT2D eigenvalue weighted by molar-refractivity contribution is 7.74. The predicted octanol–water partition coefficient (Wildman–Crippen LogP) is 10.3. The maximum Gasteiger partial charge on any atom is 0.124 e. The third-order valence-corrected chi connectivity index (χ3v) is 17.2. The van der Waals surface area contributed by atoms with Gasteiger partial charge in [0.1, 0.15) is 23.0 Å². The second-order valence-corrected chi connectivity index (χ2v) is 19.9. The van der Waals surface area contributed by atoms with E-state index in [2.05, 4.69) is 132 Å². The van der Waals surface area contributed by atoms with E-state index in [0.717, 1.165) is 35.8 Å². The van der Waals surface area contributed by atoms with E-state index in [1.165, 1.54) is 65.7 Å². The molecule has 4 rings (SSSR count). The summed E-state index contributed by atoms with van der Waals surface area (Å²) in [6.45, 7) is 27.5. The van der Waals surface area contributed by atoms with Crippen molar-refractivity contribution < 1.29 is 18.9 Å². The van der Waals surface area contributed by atoms with E-state index < -0.39 is 15.8 Å². The first-order valence-corrected chi connectivity index (χ1v) is 21.1. The van der Waals surface area contributed by atoms with Gasteiger partial charge in [0, 0.05) is 0 Å². The summed E-state index contributed by atoms with van der Waals surface area (Å²) in [5, 5.41) is 5.62. The van der Waals surface area contributed by atoms with Crippen molar-refractivity contribution in [1.29, 1.82) is 0 Å². The minimum Gasteiger partial charge on any atom is -0.496 e. The minimum absolute atomic E-state index is 0.0148. The molecular weight excluding hydrogens is 666 g/mol. The largest absolute Gasteiger partial charge is 0.496 e. The number of rotatable bonds is 14. The maximum atomic E-state index is 5.87. The van der Waals surface area contributed by atoms with Crippen molar-refractivity contribution in [2.75, 3.05) is 28.4 Å². The Morgan fingerprint density at radius 1 is 0.451 bits per heavy atom. The molecule has 0 spiro atoms. The molecule has 0 aromatic heterocycles. The summed E-state index contributed by atoms with van der Waals surface area (Å²) in [6.07, 6.45) is 2.23. The summed E-state index contributed by atoms with van der Waals surface area (Å²) in [4.78, 5) is 0. The number of hydrogen-bond donors (Lipinski definition) is 0. The van der Waals surface area contributed by atoms with Crippen LogP contribution in [0.1, 0.15) is 85.0 Å². The summed E-state index contributed by atoms with van der Waals surface area (Å²) >= 11 is 0. The van der Waals surface area contributed by atoms with E-state index in [1.807, 2.05) is 0 Å². The smallest absolute Gasteiger partial charge is 0.124 e. The Morgan fingerprint density at radius 2 is 0.647 bits per heavy atom. The van der Waals surface area contributed by atoms with Gasteiger partial charge in [0.2, 0.25) is 0 Å². The highest BCUT2D eigenvalue weighted by Crippen LogP contribution is 2.59. The van der Waals surface area contributed by atoms with Crippen molar-refractivity contribution in [2.24, 2.45) is 5.41 Å². The highest BCUT2D eigenvalue weighted by atomic mass is 31.1. The Bertz CT molecular complexity index is 1520. The highest BCUT2D eigenvalue weighted by Gasteiger charge is 2.45. The molecule has 4 aromatic rings. The molecular formula is C45H62O4P2. The van der Waals surface area contributed by atoms with Crippen LogP contribution in [-0.2, 0) is 0 Å². The van der Waals surface area contributed by atoms with Crippen LogP contribution in [0.25, 0.3) is 0 Å². The van der Waals surface area contributed by atoms with Crippen molar-refractivity contribution in [2.45, 2.75) is 107 Å². The van der Waals surface area contributed by atoms with Gasteiger partial charge in [-0.1, -0.05) is 34.1 Å². The van der Waals surface area contributed by atoms with Gasteiger partial charge in [0.25, 0.3) is 0 Å².